The SMILES string of the molecule is Cc1c(C(=O)c2cccc(S(=O)(=O)N3C[C@@H](C)O[C@H](C)C3)c2)c2ccccn2c1CCC#N. The predicted octanol–water partition coefficient (Wildman–Crippen LogP) is 3.73. The maximum Gasteiger partial charge on any atom is 0.243 e. The summed E-state index contributed by atoms with van der Waals surface area (Å²) >= 11 is 0. The highest BCUT2D eigenvalue weighted by atomic mass is 32.2. The minimum Gasteiger partial charge on any atom is -0.373 e. The second-order valence-corrected chi connectivity index (χ2v) is 10.4. The monoisotopic (exact) mass is 465 g/mol. The number of aromatic nitrogens is 1. The maximum atomic E-state index is 13.6. The van der Waals surface area contributed by atoms with Crippen LogP contribution in [0.15, 0.2) is 53.6 Å². The number of hydrogen-bond donors (Lipinski definition) is 0. The Bertz CT molecular complexity index is 1340. The maximum absolute atomic E-state index is 13.6. The summed E-state index contributed by atoms with van der Waals surface area (Å²) in [5, 5.41) is 9.04. The quantitative estimate of drug-likeness (QED) is 0.517. The number of sulfonamides is 1. The number of carbonyl (C=O) groups is 1. The number of nitrogens with zero attached hydrogens (tertiary/aromatic N) is 3. The van der Waals surface area contributed by atoms with Crippen LogP contribution in [-0.2, 0) is 21.2 Å². The standard InChI is InChI=1S/C25H27N3O4S/c1-17-15-27(16-18(2)32-17)33(30,31)21-9-6-8-20(14-21)25(29)24-19(3)22(11-7-12-26)28-13-5-4-10-23(24)28/h4-6,8-10,13-14,17-18H,7,11,15-16H2,1-3H3/t17-,18-/m1/s1. The molecule has 1 saturated heterocycles. The molecule has 3 heterocycles. The normalized spacial score (nSPS) is 19.5. The van der Waals surface area contributed by atoms with Crippen molar-refractivity contribution >= 4 is 21.3 Å². The average Bonchev–Trinajstić information content (AvgIpc) is 3.07. The number of nitriles is 1. The van der Waals surface area contributed by atoms with Crippen LogP contribution in [0.3, 0.4) is 0 Å². The summed E-state index contributed by atoms with van der Waals surface area (Å²) in [6, 6.07) is 14.0. The van der Waals surface area contributed by atoms with E-state index in [4.69, 9.17) is 10.00 Å². The summed E-state index contributed by atoms with van der Waals surface area (Å²) in [4.78, 5) is 13.7. The van der Waals surface area contributed by atoms with Crippen molar-refractivity contribution < 1.29 is 17.9 Å². The van der Waals surface area contributed by atoms with Crippen LogP contribution in [0.1, 0.15) is 47.4 Å². The molecule has 33 heavy (non-hydrogen) atoms. The Morgan fingerprint density at radius 2 is 1.88 bits per heavy atom. The number of morpholine rings is 1. The van der Waals surface area contributed by atoms with Crippen molar-refractivity contribution in [1.82, 2.24) is 8.71 Å². The van der Waals surface area contributed by atoms with Crippen LogP contribution in [0, 0.1) is 18.3 Å². The van der Waals surface area contributed by atoms with Crippen LogP contribution in [0.4, 0.5) is 0 Å². The van der Waals surface area contributed by atoms with Gasteiger partial charge < -0.3 is 9.14 Å². The van der Waals surface area contributed by atoms with Crippen LogP contribution < -0.4 is 0 Å². The number of carbonyl (C=O) groups excluding carboxylic acids is 1. The summed E-state index contributed by atoms with van der Waals surface area (Å²) in [5.41, 5.74) is 3.32. The number of fused-ring (bicyclic) bond motifs is 1. The van der Waals surface area contributed by atoms with E-state index in [1.54, 1.807) is 12.1 Å². The van der Waals surface area contributed by atoms with E-state index >= 15 is 0 Å². The van der Waals surface area contributed by atoms with Gasteiger partial charge in [0, 0.05) is 43.4 Å². The van der Waals surface area contributed by atoms with Gasteiger partial charge in [-0.25, -0.2) is 8.42 Å². The molecule has 1 aliphatic rings. The Morgan fingerprint density at radius 3 is 2.58 bits per heavy atom. The molecular formula is C25H27N3O4S. The van der Waals surface area contributed by atoms with Gasteiger partial charge in [0.1, 0.15) is 0 Å². The van der Waals surface area contributed by atoms with Crippen LogP contribution in [0.5, 0.6) is 0 Å². The Labute approximate surface area is 194 Å². The highest BCUT2D eigenvalue weighted by Gasteiger charge is 2.32. The minimum absolute atomic E-state index is 0.0977. The molecule has 0 amide bonds. The third kappa shape index (κ3) is 4.32. The van der Waals surface area contributed by atoms with Crippen molar-refractivity contribution in [2.24, 2.45) is 0 Å². The number of ether oxygens (including phenoxy) is 1. The number of pyridine rings is 1. The molecule has 0 unspecified atom stereocenters. The van der Waals surface area contributed by atoms with Gasteiger partial charge in [-0.05, 0) is 50.6 Å². The zero-order chi connectivity index (χ0) is 23.8. The second kappa shape index (κ2) is 9.10. The molecule has 7 nitrogen and oxygen atoms in total. The van der Waals surface area contributed by atoms with Crippen molar-refractivity contribution in [3.05, 3.63) is 71.0 Å². The number of ketones is 1. The summed E-state index contributed by atoms with van der Waals surface area (Å²) in [7, 11) is -3.77. The van der Waals surface area contributed by atoms with Crippen LogP contribution in [0.25, 0.3) is 5.52 Å². The highest BCUT2D eigenvalue weighted by molar-refractivity contribution is 7.89. The molecule has 1 aromatic carbocycles. The van der Waals surface area contributed by atoms with Gasteiger partial charge in [-0.1, -0.05) is 18.2 Å². The molecule has 8 heteroatoms. The second-order valence-electron chi connectivity index (χ2n) is 8.50. The molecule has 2 aromatic heterocycles. The Hall–Kier alpha value is -2.99. The van der Waals surface area contributed by atoms with E-state index in [0.29, 0.717) is 24.0 Å². The smallest absolute Gasteiger partial charge is 0.243 e. The molecule has 1 aliphatic heterocycles. The summed E-state index contributed by atoms with van der Waals surface area (Å²) in [6.07, 6.45) is 2.36. The van der Waals surface area contributed by atoms with E-state index in [2.05, 4.69) is 6.07 Å². The van der Waals surface area contributed by atoms with Gasteiger partial charge in [0.25, 0.3) is 0 Å². The van der Waals surface area contributed by atoms with Gasteiger partial charge in [0.05, 0.1) is 34.3 Å². The van der Waals surface area contributed by atoms with Gasteiger partial charge in [0.2, 0.25) is 10.0 Å². The topological polar surface area (TPSA) is 91.9 Å². The van der Waals surface area contributed by atoms with E-state index in [-0.39, 0.29) is 36.0 Å². The van der Waals surface area contributed by atoms with E-state index < -0.39 is 10.0 Å². The van der Waals surface area contributed by atoms with E-state index in [0.717, 1.165) is 16.8 Å². The van der Waals surface area contributed by atoms with E-state index in [1.807, 2.05) is 49.6 Å². The molecule has 0 bridgehead atoms. The molecule has 1 fully saturated rings. The number of aryl methyl sites for hydroxylation is 1. The highest BCUT2D eigenvalue weighted by Crippen LogP contribution is 2.28. The van der Waals surface area contributed by atoms with Gasteiger partial charge in [-0.15, -0.1) is 0 Å². The molecule has 0 N–H and O–H groups in total. The lowest BCUT2D eigenvalue weighted by atomic mass is 9.99. The lowest BCUT2D eigenvalue weighted by Crippen LogP contribution is -2.48. The van der Waals surface area contributed by atoms with Crippen molar-refractivity contribution in [3.8, 4) is 6.07 Å². The third-order valence-electron chi connectivity index (χ3n) is 6.04. The molecule has 2 atom stereocenters. The fraction of sp³-hybridized carbons (Fsp3) is 0.360. The van der Waals surface area contributed by atoms with Crippen LogP contribution >= 0.6 is 0 Å². The minimum atomic E-state index is -3.77. The number of rotatable bonds is 6. The van der Waals surface area contributed by atoms with Gasteiger partial charge in [-0.2, -0.15) is 9.57 Å². The molecule has 4 rings (SSSR count). The average molecular weight is 466 g/mol. The van der Waals surface area contributed by atoms with Crippen LogP contribution in [-0.4, -0.2) is 48.2 Å². The molecule has 172 valence electrons. The van der Waals surface area contributed by atoms with Gasteiger partial charge in [0.15, 0.2) is 5.78 Å². The van der Waals surface area contributed by atoms with E-state index in [9.17, 15) is 13.2 Å². The fourth-order valence-corrected chi connectivity index (χ4v) is 6.22. The molecule has 0 spiro atoms. The molecule has 0 radical (unpaired) electrons. The summed E-state index contributed by atoms with van der Waals surface area (Å²) in [5.74, 6) is -0.236. The zero-order valence-corrected chi connectivity index (χ0v) is 19.8. The Morgan fingerprint density at radius 1 is 1.15 bits per heavy atom. The first-order valence-electron chi connectivity index (χ1n) is 11.0. The first-order valence-corrected chi connectivity index (χ1v) is 12.4. The van der Waals surface area contributed by atoms with E-state index in [1.165, 1.54) is 16.4 Å². The largest absolute Gasteiger partial charge is 0.373 e. The Balaban J connectivity index is 1.74. The number of benzene rings is 1. The molecule has 3 aromatic rings. The molecular weight excluding hydrogens is 438 g/mol. The first-order chi connectivity index (χ1) is 15.7. The zero-order valence-electron chi connectivity index (χ0n) is 19.0. The molecule has 0 aliphatic carbocycles. The van der Waals surface area contributed by atoms with Crippen molar-refractivity contribution in [3.63, 3.8) is 0 Å². The third-order valence-corrected chi connectivity index (χ3v) is 7.86. The predicted molar refractivity (Wildman–Crippen MR) is 125 cm³/mol. The Kier molecular flexibility index (Phi) is 6.39. The lowest BCUT2D eigenvalue weighted by Gasteiger charge is -2.34. The summed E-state index contributed by atoms with van der Waals surface area (Å²) in [6.45, 7) is 6.13. The van der Waals surface area contributed by atoms with Gasteiger partial charge in [-0.3, -0.25) is 4.79 Å². The number of hydrogen-bond acceptors (Lipinski definition) is 5. The van der Waals surface area contributed by atoms with Crippen LogP contribution in [0.2, 0.25) is 0 Å². The van der Waals surface area contributed by atoms with Crippen molar-refractivity contribution in [2.45, 2.75) is 50.7 Å². The molecule has 0 saturated carbocycles. The lowest BCUT2D eigenvalue weighted by molar-refractivity contribution is -0.0440. The van der Waals surface area contributed by atoms with Crippen molar-refractivity contribution in [1.29, 1.82) is 5.26 Å². The first kappa shape index (κ1) is 23.2. The summed E-state index contributed by atoms with van der Waals surface area (Å²) < 4.78 is 35.7. The van der Waals surface area contributed by atoms with Crippen molar-refractivity contribution in [2.75, 3.05) is 13.1 Å². The fourth-order valence-electron chi connectivity index (χ4n) is 4.59. The van der Waals surface area contributed by atoms with Gasteiger partial charge >= 0.3 is 0 Å².